The Bertz CT molecular complexity index is 1320. The van der Waals surface area contributed by atoms with E-state index in [0.29, 0.717) is 17.4 Å². The van der Waals surface area contributed by atoms with Gasteiger partial charge in [0, 0.05) is 11.5 Å². The largest absolute Gasteiger partial charge is 0.342 e. The molecule has 1 aliphatic carbocycles. The molecule has 146 valence electrons. The molecule has 5 nitrogen and oxygen atoms in total. The number of aromatic amines is 1. The number of hydrogen-bond donors (Lipinski definition) is 2. The maximum absolute atomic E-state index is 11.9. The number of benzene rings is 3. The van der Waals surface area contributed by atoms with Crippen molar-refractivity contribution in [1.82, 2.24) is 9.97 Å². The van der Waals surface area contributed by atoms with E-state index in [1.54, 1.807) is 12.1 Å². The molecule has 1 aliphatic rings. The summed E-state index contributed by atoms with van der Waals surface area (Å²) in [5.74, 6) is 1.88. The Labute approximate surface area is 169 Å². The number of nitrogens with zero attached hydrogens (tertiary/aromatic N) is 1. The van der Waals surface area contributed by atoms with Gasteiger partial charge in [-0.05, 0) is 48.6 Å². The van der Waals surface area contributed by atoms with E-state index >= 15 is 0 Å². The zero-order valence-corrected chi connectivity index (χ0v) is 16.8. The van der Waals surface area contributed by atoms with Gasteiger partial charge in [0.05, 0.1) is 15.9 Å². The van der Waals surface area contributed by atoms with Crippen molar-refractivity contribution < 1.29 is 8.42 Å². The normalized spacial score (nSPS) is 18.8. The Kier molecular flexibility index (Phi) is 4.08. The van der Waals surface area contributed by atoms with Crippen LogP contribution in [0.25, 0.3) is 22.2 Å². The lowest BCUT2D eigenvalue weighted by atomic mass is 10.1. The van der Waals surface area contributed by atoms with Crippen LogP contribution in [0, 0.1) is 6.92 Å². The predicted octanol–water partition coefficient (Wildman–Crippen LogP) is 4.46. The molecule has 2 atom stereocenters. The maximum Gasteiger partial charge on any atom is 0.238 e. The molecule has 0 unspecified atom stereocenters. The Hall–Kier alpha value is -2.96. The molecule has 4 aromatic rings. The summed E-state index contributed by atoms with van der Waals surface area (Å²) in [6.07, 6.45) is 1.09. The van der Waals surface area contributed by atoms with Gasteiger partial charge in [-0.15, -0.1) is 0 Å². The highest BCUT2D eigenvalue weighted by Gasteiger charge is 2.41. The van der Waals surface area contributed by atoms with Crippen LogP contribution in [0.5, 0.6) is 0 Å². The average molecular weight is 404 g/mol. The van der Waals surface area contributed by atoms with Crippen LogP contribution in [0.3, 0.4) is 0 Å². The van der Waals surface area contributed by atoms with Crippen LogP contribution in [0.15, 0.2) is 71.6 Å². The standard InChI is InChI=1S/C23H21N3O2S/c1-14-6-8-15(9-7-14)18-13-19(18)23-25-20-11-10-16(12-21(20)26-23)17-4-2-3-5-22(17)29(24,27)28/h2-12,18-19H,13H2,1H3,(H,25,26)(H2,24,27,28)/t18-,19+/m1/s1. The third-order valence-electron chi connectivity index (χ3n) is 5.65. The number of H-pyrrole nitrogens is 1. The van der Waals surface area contributed by atoms with Crippen LogP contribution in [-0.2, 0) is 10.0 Å². The lowest BCUT2D eigenvalue weighted by Crippen LogP contribution is -2.13. The maximum atomic E-state index is 11.9. The molecule has 3 N–H and O–H groups in total. The summed E-state index contributed by atoms with van der Waals surface area (Å²) >= 11 is 0. The Balaban J connectivity index is 1.49. The van der Waals surface area contributed by atoms with Gasteiger partial charge in [0.15, 0.2) is 0 Å². The molecule has 1 saturated carbocycles. The molecule has 0 radical (unpaired) electrons. The fourth-order valence-corrected chi connectivity index (χ4v) is 4.77. The molecule has 1 heterocycles. The van der Waals surface area contributed by atoms with E-state index in [2.05, 4.69) is 36.2 Å². The minimum Gasteiger partial charge on any atom is -0.342 e. The summed E-state index contributed by atoms with van der Waals surface area (Å²) < 4.78 is 23.9. The molecule has 0 saturated heterocycles. The highest BCUT2D eigenvalue weighted by atomic mass is 32.2. The quantitative estimate of drug-likeness (QED) is 0.527. The predicted molar refractivity (Wildman–Crippen MR) is 114 cm³/mol. The first kappa shape index (κ1) is 18.1. The minimum atomic E-state index is -3.80. The zero-order chi connectivity index (χ0) is 20.2. The van der Waals surface area contributed by atoms with Crippen LogP contribution >= 0.6 is 0 Å². The summed E-state index contributed by atoms with van der Waals surface area (Å²) in [7, 11) is -3.80. The van der Waals surface area contributed by atoms with Gasteiger partial charge in [0.25, 0.3) is 0 Å². The Morgan fingerprint density at radius 1 is 1.00 bits per heavy atom. The van der Waals surface area contributed by atoms with Crippen LogP contribution < -0.4 is 5.14 Å². The van der Waals surface area contributed by atoms with Crippen molar-refractivity contribution in [3.8, 4) is 11.1 Å². The zero-order valence-electron chi connectivity index (χ0n) is 16.0. The van der Waals surface area contributed by atoms with Crippen molar-refractivity contribution in [2.24, 2.45) is 5.14 Å². The van der Waals surface area contributed by atoms with Crippen molar-refractivity contribution in [1.29, 1.82) is 0 Å². The molecule has 1 fully saturated rings. The van der Waals surface area contributed by atoms with E-state index in [9.17, 15) is 8.42 Å². The summed E-state index contributed by atoms with van der Waals surface area (Å²) in [6.45, 7) is 2.10. The number of sulfonamides is 1. The number of nitrogens with two attached hydrogens (primary N) is 1. The molecule has 6 heteroatoms. The molecular weight excluding hydrogens is 382 g/mol. The molecule has 0 amide bonds. The number of imidazole rings is 1. The van der Waals surface area contributed by atoms with Gasteiger partial charge in [0.2, 0.25) is 10.0 Å². The van der Waals surface area contributed by atoms with Gasteiger partial charge in [-0.2, -0.15) is 0 Å². The van der Waals surface area contributed by atoms with Gasteiger partial charge in [-0.1, -0.05) is 54.1 Å². The lowest BCUT2D eigenvalue weighted by molar-refractivity contribution is 0.598. The van der Waals surface area contributed by atoms with E-state index in [1.165, 1.54) is 17.2 Å². The number of fused-ring (bicyclic) bond motifs is 1. The van der Waals surface area contributed by atoms with Crippen molar-refractivity contribution in [3.63, 3.8) is 0 Å². The third kappa shape index (κ3) is 3.34. The smallest absolute Gasteiger partial charge is 0.238 e. The summed E-state index contributed by atoms with van der Waals surface area (Å²) in [5, 5.41) is 5.39. The second-order valence-electron chi connectivity index (χ2n) is 7.75. The number of hydrogen-bond acceptors (Lipinski definition) is 3. The third-order valence-corrected chi connectivity index (χ3v) is 6.62. The number of nitrogens with one attached hydrogen (secondary N) is 1. The topological polar surface area (TPSA) is 88.8 Å². The van der Waals surface area contributed by atoms with Gasteiger partial charge >= 0.3 is 0 Å². The van der Waals surface area contributed by atoms with Crippen LogP contribution in [0.1, 0.15) is 35.2 Å². The van der Waals surface area contributed by atoms with Crippen molar-refractivity contribution >= 4 is 21.1 Å². The lowest BCUT2D eigenvalue weighted by Gasteiger charge is -2.07. The molecule has 0 bridgehead atoms. The van der Waals surface area contributed by atoms with Crippen molar-refractivity contribution in [2.45, 2.75) is 30.1 Å². The second-order valence-corrected chi connectivity index (χ2v) is 9.28. The van der Waals surface area contributed by atoms with E-state index < -0.39 is 10.0 Å². The monoisotopic (exact) mass is 403 g/mol. The molecule has 3 aromatic carbocycles. The van der Waals surface area contributed by atoms with Crippen molar-refractivity contribution in [3.05, 3.63) is 83.7 Å². The van der Waals surface area contributed by atoms with Gasteiger partial charge < -0.3 is 4.98 Å². The summed E-state index contributed by atoms with van der Waals surface area (Å²) in [5.41, 5.74) is 5.79. The van der Waals surface area contributed by atoms with E-state index in [0.717, 1.165) is 28.8 Å². The SMILES string of the molecule is Cc1ccc([C@H]2C[C@@H]2c2nc3ccc(-c4ccccc4S(N)(=O)=O)cc3[nH]2)cc1. The Morgan fingerprint density at radius 3 is 2.52 bits per heavy atom. The molecule has 29 heavy (non-hydrogen) atoms. The number of primary sulfonamides is 1. The summed E-state index contributed by atoms with van der Waals surface area (Å²) in [4.78, 5) is 8.35. The first-order valence-electron chi connectivity index (χ1n) is 9.58. The second kappa shape index (κ2) is 6.54. The molecule has 5 rings (SSSR count). The van der Waals surface area contributed by atoms with Gasteiger partial charge in [-0.25, -0.2) is 18.5 Å². The average Bonchev–Trinajstić information content (AvgIpc) is 3.39. The fourth-order valence-electron chi connectivity index (χ4n) is 4.00. The highest BCUT2D eigenvalue weighted by Crippen LogP contribution is 2.54. The fraction of sp³-hybridized carbons (Fsp3) is 0.174. The van der Waals surface area contributed by atoms with Crippen molar-refractivity contribution in [2.75, 3.05) is 0 Å². The van der Waals surface area contributed by atoms with Crippen LogP contribution in [0.2, 0.25) is 0 Å². The molecule has 1 aromatic heterocycles. The van der Waals surface area contributed by atoms with Gasteiger partial charge in [0.1, 0.15) is 5.82 Å². The highest BCUT2D eigenvalue weighted by molar-refractivity contribution is 7.89. The Morgan fingerprint density at radius 2 is 1.76 bits per heavy atom. The van der Waals surface area contributed by atoms with Crippen LogP contribution in [-0.4, -0.2) is 18.4 Å². The number of aromatic nitrogens is 2. The molecular formula is C23H21N3O2S. The number of aryl methyl sites for hydroxylation is 1. The number of rotatable bonds is 4. The first-order chi connectivity index (χ1) is 13.9. The van der Waals surface area contributed by atoms with E-state index in [1.807, 2.05) is 24.3 Å². The van der Waals surface area contributed by atoms with E-state index in [-0.39, 0.29) is 4.90 Å². The van der Waals surface area contributed by atoms with Gasteiger partial charge in [-0.3, -0.25) is 0 Å². The van der Waals surface area contributed by atoms with E-state index in [4.69, 9.17) is 10.1 Å². The summed E-state index contributed by atoms with van der Waals surface area (Å²) in [6, 6.07) is 21.2. The van der Waals surface area contributed by atoms with Crippen LogP contribution in [0.4, 0.5) is 0 Å². The molecule has 0 aliphatic heterocycles. The molecule has 0 spiro atoms. The first-order valence-corrected chi connectivity index (χ1v) is 11.1. The minimum absolute atomic E-state index is 0.126.